The molecule has 0 amide bonds. The van der Waals surface area contributed by atoms with Crippen molar-refractivity contribution in [2.24, 2.45) is 0 Å². The third-order valence-electron chi connectivity index (χ3n) is 6.78. The van der Waals surface area contributed by atoms with Crippen molar-refractivity contribution < 1.29 is 0 Å². The molecule has 0 saturated heterocycles. The normalized spacial score (nSPS) is 12.1. The zero-order valence-electron chi connectivity index (χ0n) is 18.1. The van der Waals surface area contributed by atoms with Gasteiger partial charge in [0, 0.05) is 39.6 Å². The van der Waals surface area contributed by atoms with E-state index < -0.39 is 0 Å². The van der Waals surface area contributed by atoms with E-state index >= 15 is 0 Å². The molecular formula is C29H17N5. The van der Waals surface area contributed by atoms with Gasteiger partial charge < -0.3 is 4.57 Å². The third kappa shape index (κ3) is 2.20. The summed E-state index contributed by atoms with van der Waals surface area (Å²) in [6.45, 7) is 0. The molecule has 0 unspecified atom stereocenters. The van der Waals surface area contributed by atoms with Crippen LogP contribution in [0.4, 0.5) is 0 Å². The Balaban J connectivity index is 1.67. The van der Waals surface area contributed by atoms with Crippen LogP contribution in [0.15, 0.2) is 103 Å². The average Bonchev–Trinajstić information content (AvgIpc) is 3.44. The topological polar surface area (TPSA) is 48.0 Å². The van der Waals surface area contributed by atoms with E-state index in [1.807, 2.05) is 18.3 Å². The van der Waals surface area contributed by atoms with Gasteiger partial charge in [0.25, 0.3) is 0 Å². The minimum atomic E-state index is 0.743. The minimum absolute atomic E-state index is 0.743. The van der Waals surface area contributed by atoms with Gasteiger partial charge in [-0.05, 0) is 54.6 Å². The molecule has 0 atom stereocenters. The van der Waals surface area contributed by atoms with Crippen molar-refractivity contribution in [3.63, 3.8) is 0 Å². The summed E-state index contributed by atoms with van der Waals surface area (Å²) < 4.78 is 4.53. The molecule has 0 saturated carbocycles. The second kappa shape index (κ2) is 6.39. The second-order valence-corrected chi connectivity index (χ2v) is 8.59. The van der Waals surface area contributed by atoms with Crippen LogP contribution in [0.2, 0.25) is 0 Å². The molecule has 0 aliphatic rings. The van der Waals surface area contributed by atoms with Gasteiger partial charge in [-0.1, -0.05) is 36.4 Å². The van der Waals surface area contributed by atoms with Crippen molar-refractivity contribution in [2.45, 2.75) is 0 Å². The fourth-order valence-electron chi connectivity index (χ4n) is 5.37. The lowest BCUT2D eigenvalue weighted by atomic mass is 10.1. The number of benzene rings is 3. The zero-order valence-corrected chi connectivity index (χ0v) is 18.1. The first-order chi connectivity index (χ1) is 16.9. The maximum Gasteiger partial charge on any atom is 0.178 e. The Labute approximate surface area is 193 Å². The zero-order chi connectivity index (χ0) is 22.2. The first-order valence-electron chi connectivity index (χ1n) is 11.3. The Morgan fingerprint density at radius 2 is 1.29 bits per heavy atom. The summed E-state index contributed by atoms with van der Waals surface area (Å²) in [6.07, 6.45) is 3.66. The molecule has 3 aromatic carbocycles. The summed E-state index contributed by atoms with van der Waals surface area (Å²) in [4.78, 5) is 14.3. The van der Waals surface area contributed by atoms with Gasteiger partial charge in [0.1, 0.15) is 5.65 Å². The molecule has 5 heterocycles. The molecule has 5 aromatic heterocycles. The summed E-state index contributed by atoms with van der Waals surface area (Å²) in [7, 11) is 0. The van der Waals surface area contributed by atoms with Crippen molar-refractivity contribution in [3.8, 4) is 5.69 Å². The number of para-hydroxylation sites is 2. The quantitative estimate of drug-likeness (QED) is 0.270. The summed E-state index contributed by atoms with van der Waals surface area (Å²) in [6, 6.07) is 31.8. The van der Waals surface area contributed by atoms with E-state index in [9.17, 15) is 0 Å². The van der Waals surface area contributed by atoms with E-state index in [1.165, 1.54) is 16.3 Å². The van der Waals surface area contributed by atoms with Gasteiger partial charge in [0.15, 0.2) is 5.65 Å². The number of nitrogens with zero attached hydrogens (tertiary/aromatic N) is 5. The standard InChI is InChI=1S/C29H17N5/c1-2-8-18(9-3-1)33-23-11-5-4-10-19(23)20-16-22-21(17-26(20)33)27-24(12-6-14-30-27)34-25-13-7-15-31-28(25)32-29(22)34/h1-17H. The summed E-state index contributed by atoms with van der Waals surface area (Å²) in [5.41, 5.74) is 8.11. The number of hydrogen-bond donors (Lipinski definition) is 0. The molecule has 5 nitrogen and oxygen atoms in total. The molecule has 0 bridgehead atoms. The monoisotopic (exact) mass is 435 g/mol. The van der Waals surface area contributed by atoms with Crippen LogP contribution in [0.3, 0.4) is 0 Å². The SMILES string of the molecule is c1ccc(-n2c3ccccc3c3cc4c(cc32)c2ncccc2n2c3cccnc3nc42)cc1. The van der Waals surface area contributed by atoms with Crippen LogP contribution in [0.5, 0.6) is 0 Å². The van der Waals surface area contributed by atoms with Gasteiger partial charge in [0.2, 0.25) is 0 Å². The number of fused-ring (bicyclic) bond motifs is 11. The molecule has 0 aliphatic carbocycles. The number of pyridine rings is 3. The first-order valence-corrected chi connectivity index (χ1v) is 11.3. The lowest BCUT2D eigenvalue weighted by Gasteiger charge is -2.10. The Morgan fingerprint density at radius 1 is 0.529 bits per heavy atom. The fourth-order valence-corrected chi connectivity index (χ4v) is 5.37. The van der Waals surface area contributed by atoms with E-state index in [0.717, 1.165) is 49.8 Å². The largest absolute Gasteiger partial charge is 0.309 e. The van der Waals surface area contributed by atoms with E-state index in [0.29, 0.717) is 0 Å². The highest BCUT2D eigenvalue weighted by Crippen LogP contribution is 2.38. The van der Waals surface area contributed by atoms with Crippen LogP contribution < -0.4 is 0 Å². The van der Waals surface area contributed by atoms with Crippen molar-refractivity contribution in [3.05, 3.63) is 103 Å². The smallest absolute Gasteiger partial charge is 0.178 e. The first kappa shape index (κ1) is 17.7. The van der Waals surface area contributed by atoms with E-state index in [2.05, 4.69) is 92.8 Å². The fraction of sp³-hybridized carbons (Fsp3) is 0. The molecule has 0 spiro atoms. The lowest BCUT2D eigenvalue weighted by Crippen LogP contribution is -1.95. The predicted octanol–water partition coefficient (Wildman–Crippen LogP) is 6.68. The van der Waals surface area contributed by atoms with Gasteiger partial charge in [-0.15, -0.1) is 0 Å². The van der Waals surface area contributed by atoms with Crippen LogP contribution >= 0.6 is 0 Å². The van der Waals surface area contributed by atoms with Crippen LogP contribution in [-0.2, 0) is 0 Å². The van der Waals surface area contributed by atoms with Crippen molar-refractivity contribution in [1.82, 2.24) is 23.9 Å². The van der Waals surface area contributed by atoms with Crippen molar-refractivity contribution in [1.29, 1.82) is 0 Å². The summed E-state index contributed by atoms with van der Waals surface area (Å²) in [5.74, 6) is 0. The molecule has 0 N–H and O–H groups in total. The van der Waals surface area contributed by atoms with Gasteiger partial charge in [-0.2, -0.15) is 0 Å². The highest BCUT2D eigenvalue weighted by atomic mass is 15.1. The van der Waals surface area contributed by atoms with E-state index in [-0.39, 0.29) is 0 Å². The molecule has 158 valence electrons. The number of hydrogen-bond acceptors (Lipinski definition) is 3. The molecule has 8 rings (SSSR count). The molecule has 0 fully saturated rings. The third-order valence-corrected chi connectivity index (χ3v) is 6.78. The summed E-state index contributed by atoms with van der Waals surface area (Å²) >= 11 is 0. The van der Waals surface area contributed by atoms with Crippen LogP contribution in [0.1, 0.15) is 0 Å². The van der Waals surface area contributed by atoms with Crippen LogP contribution in [0, 0.1) is 0 Å². The Kier molecular flexibility index (Phi) is 3.34. The average molecular weight is 435 g/mol. The predicted molar refractivity (Wildman–Crippen MR) is 138 cm³/mol. The molecule has 8 aromatic rings. The second-order valence-electron chi connectivity index (χ2n) is 8.59. The van der Waals surface area contributed by atoms with Crippen LogP contribution in [0.25, 0.3) is 66.1 Å². The number of rotatable bonds is 1. The summed E-state index contributed by atoms with van der Waals surface area (Å²) in [5, 5.41) is 4.58. The maximum atomic E-state index is 4.96. The van der Waals surface area contributed by atoms with Gasteiger partial charge >= 0.3 is 0 Å². The highest BCUT2D eigenvalue weighted by molar-refractivity contribution is 6.20. The van der Waals surface area contributed by atoms with Gasteiger partial charge in [0.05, 0.1) is 27.6 Å². The van der Waals surface area contributed by atoms with E-state index in [1.54, 1.807) is 6.20 Å². The van der Waals surface area contributed by atoms with Crippen molar-refractivity contribution >= 4 is 60.4 Å². The minimum Gasteiger partial charge on any atom is -0.309 e. The van der Waals surface area contributed by atoms with Gasteiger partial charge in [-0.3, -0.25) is 9.38 Å². The van der Waals surface area contributed by atoms with Crippen LogP contribution in [-0.4, -0.2) is 23.9 Å². The number of aromatic nitrogens is 5. The van der Waals surface area contributed by atoms with Gasteiger partial charge in [-0.25, -0.2) is 9.97 Å². The molecule has 5 heteroatoms. The maximum absolute atomic E-state index is 4.96. The molecule has 0 radical (unpaired) electrons. The Morgan fingerprint density at radius 3 is 2.21 bits per heavy atom. The molecule has 0 aliphatic heterocycles. The lowest BCUT2D eigenvalue weighted by molar-refractivity contribution is 1.18. The molecule has 34 heavy (non-hydrogen) atoms. The highest BCUT2D eigenvalue weighted by Gasteiger charge is 2.18. The Hall–Kier alpha value is -4.77. The van der Waals surface area contributed by atoms with E-state index in [4.69, 9.17) is 9.97 Å². The van der Waals surface area contributed by atoms with Crippen molar-refractivity contribution in [2.75, 3.05) is 0 Å². The Bertz CT molecular complexity index is 2070. The number of imidazole rings is 1. The molecular weight excluding hydrogens is 418 g/mol.